The molecule has 3 aromatic carbocycles. The Hall–Kier alpha value is -4.52. The van der Waals surface area contributed by atoms with Crippen LogP contribution in [0.1, 0.15) is 34.7 Å². The van der Waals surface area contributed by atoms with Crippen LogP contribution in [0.25, 0.3) is 27.5 Å². The molecule has 2 aromatic heterocycles. The molecule has 0 saturated carbocycles. The van der Waals surface area contributed by atoms with Gasteiger partial charge in [0.25, 0.3) is 11.5 Å². The number of nitrogen functional groups attached to an aromatic ring is 1. The molecule has 5 aromatic rings. The van der Waals surface area contributed by atoms with Gasteiger partial charge in [-0.3, -0.25) is 14.2 Å². The number of amides is 1. The van der Waals surface area contributed by atoms with Crippen molar-refractivity contribution in [3.63, 3.8) is 0 Å². The Kier molecular flexibility index (Phi) is 5.30. The van der Waals surface area contributed by atoms with Crippen molar-refractivity contribution in [3.8, 4) is 5.69 Å². The van der Waals surface area contributed by atoms with E-state index in [1.807, 2.05) is 80.6 Å². The van der Waals surface area contributed by atoms with E-state index in [1.165, 1.54) is 0 Å². The van der Waals surface area contributed by atoms with E-state index in [2.05, 4.69) is 15.3 Å². The molecule has 0 aliphatic rings. The standard InChI is InChI=1S/C27H23N5O2/c1-16-9-8-10-18-15-22(32(27(34)23(16)18)19-11-4-3-5-12-19)17(2)29-26(33)24-25(28)31-21-14-7-6-13-20(21)30-24/h3-15,17H,1-2H3,(H2,28,31)(H,29,33). The van der Waals surface area contributed by atoms with Gasteiger partial charge in [0.1, 0.15) is 0 Å². The molecular weight excluding hydrogens is 426 g/mol. The Morgan fingerprint density at radius 1 is 0.941 bits per heavy atom. The van der Waals surface area contributed by atoms with Gasteiger partial charge in [0.05, 0.1) is 22.5 Å². The van der Waals surface area contributed by atoms with Crippen LogP contribution in [-0.2, 0) is 0 Å². The summed E-state index contributed by atoms with van der Waals surface area (Å²) >= 11 is 0. The van der Waals surface area contributed by atoms with E-state index in [1.54, 1.807) is 16.7 Å². The lowest BCUT2D eigenvalue weighted by Crippen LogP contribution is -2.33. The zero-order valence-corrected chi connectivity index (χ0v) is 18.8. The van der Waals surface area contributed by atoms with Crippen LogP contribution in [0, 0.1) is 6.92 Å². The number of hydrogen-bond acceptors (Lipinski definition) is 5. The van der Waals surface area contributed by atoms with E-state index >= 15 is 0 Å². The monoisotopic (exact) mass is 449 g/mol. The molecule has 0 aliphatic carbocycles. The zero-order valence-electron chi connectivity index (χ0n) is 18.8. The molecule has 5 rings (SSSR count). The average molecular weight is 450 g/mol. The second-order valence-corrected chi connectivity index (χ2v) is 8.23. The summed E-state index contributed by atoms with van der Waals surface area (Å²) in [5, 5.41) is 4.42. The third-order valence-electron chi connectivity index (χ3n) is 5.90. The van der Waals surface area contributed by atoms with Crippen molar-refractivity contribution >= 4 is 33.5 Å². The van der Waals surface area contributed by atoms with Crippen molar-refractivity contribution in [3.05, 3.63) is 106 Å². The summed E-state index contributed by atoms with van der Waals surface area (Å²) in [7, 11) is 0. The number of nitrogens with zero attached hydrogens (tertiary/aromatic N) is 3. The largest absolute Gasteiger partial charge is 0.382 e. The molecule has 34 heavy (non-hydrogen) atoms. The molecule has 7 heteroatoms. The van der Waals surface area contributed by atoms with Gasteiger partial charge in [-0.15, -0.1) is 0 Å². The fourth-order valence-electron chi connectivity index (χ4n) is 4.24. The van der Waals surface area contributed by atoms with Crippen molar-refractivity contribution in [1.29, 1.82) is 0 Å². The van der Waals surface area contributed by atoms with E-state index < -0.39 is 11.9 Å². The Morgan fingerprint density at radius 2 is 1.62 bits per heavy atom. The Labute approximate surface area is 195 Å². The second kappa shape index (κ2) is 8.44. The molecule has 2 heterocycles. The Balaban J connectivity index is 1.61. The first-order valence-electron chi connectivity index (χ1n) is 11.0. The number of pyridine rings is 1. The minimum Gasteiger partial charge on any atom is -0.382 e. The molecule has 0 fully saturated rings. The van der Waals surface area contributed by atoms with Crippen molar-refractivity contribution < 1.29 is 4.79 Å². The number of nitrogens with two attached hydrogens (primary N) is 1. The highest BCUT2D eigenvalue weighted by Gasteiger charge is 2.21. The Morgan fingerprint density at radius 3 is 2.35 bits per heavy atom. The Bertz CT molecular complexity index is 1610. The second-order valence-electron chi connectivity index (χ2n) is 8.23. The molecule has 0 radical (unpaired) electrons. The number of anilines is 1. The van der Waals surface area contributed by atoms with Crippen LogP contribution < -0.4 is 16.6 Å². The highest BCUT2D eigenvalue weighted by molar-refractivity contribution is 5.98. The molecule has 168 valence electrons. The molecule has 0 saturated heterocycles. The lowest BCUT2D eigenvalue weighted by molar-refractivity contribution is 0.0934. The lowest BCUT2D eigenvalue weighted by atomic mass is 10.0. The SMILES string of the molecule is Cc1cccc2cc(C(C)NC(=O)c3nc4ccccc4nc3N)n(-c3ccccc3)c(=O)c12. The van der Waals surface area contributed by atoms with E-state index in [9.17, 15) is 9.59 Å². The number of hydrogen-bond donors (Lipinski definition) is 2. The van der Waals surface area contributed by atoms with Gasteiger partial charge in [-0.1, -0.05) is 48.5 Å². The third kappa shape index (κ3) is 3.67. The molecule has 0 spiro atoms. The van der Waals surface area contributed by atoms with Crippen LogP contribution in [0.4, 0.5) is 5.82 Å². The van der Waals surface area contributed by atoms with Crippen molar-refractivity contribution in [2.45, 2.75) is 19.9 Å². The van der Waals surface area contributed by atoms with Crippen molar-refractivity contribution in [2.24, 2.45) is 0 Å². The summed E-state index contributed by atoms with van der Waals surface area (Å²) in [6.07, 6.45) is 0. The summed E-state index contributed by atoms with van der Waals surface area (Å²) in [6, 6.07) is 23.8. The number of para-hydroxylation sites is 3. The maximum atomic E-state index is 13.6. The van der Waals surface area contributed by atoms with Crippen LogP contribution in [0.2, 0.25) is 0 Å². The predicted molar refractivity (Wildman–Crippen MR) is 134 cm³/mol. The molecule has 1 atom stereocenters. The van der Waals surface area contributed by atoms with Gasteiger partial charge >= 0.3 is 0 Å². The summed E-state index contributed by atoms with van der Waals surface area (Å²) in [5.41, 5.74) is 9.43. The molecule has 0 aliphatic heterocycles. The van der Waals surface area contributed by atoms with Crippen LogP contribution in [0.15, 0.2) is 83.7 Å². The third-order valence-corrected chi connectivity index (χ3v) is 5.90. The first-order chi connectivity index (χ1) is 16.4. The fraction of sp³-hybridized carbons (Fsp3) is 0.111. The predicted octanol–water partition coefficient (Wildman–Crippen LogP) is 4.32. The van der Waals surface area contributed by atoms with Gasteiger partial charge in [-0.25, -0.2) is 9.97 Å². The van der Waals surface area contributed by atoms with Crippen LogP contribution >= 0.6 is 0 Å². The maximum Gasteiger partial charge on any atom is 0.274 e. The van der Waals surface area contributed by atoms with Crippen molar-refractivity contribution in [2.75, 3.05) is 5.73 Å². The first kappa shape index (κ1) is 21.3. The summed E-state index contributed by atoms with van der Waals surface area (Å²) in [5.74, 6) is -0.405. The molecule has 7 nitrogen and oxygen atoms in total. The number of aryl methyl sites for hydroxylation is 1. The number of carbonyl (C=O) groups is 1. The number of fused-ring (bicyclic) bond motifs is 2. The summed E-state index contributed by atoms with van der Waals surface area (Å²) in [4.78, 5) is 35.5. The van der Waals surface area contributed by atoms with Gasteiger partial charge in [-0.2, -0.15) is 0 Å². The quantitative estimate of drug-likeness (QED) is 0.425. The number of nitrogens with one attached hydrogen (secondary N) is 1. The van der Waals surface area contributed by atoms with Gasteiger partial charge in [0, 0.05) is 11.4 Å². The van der Waals surface area contributed by atoms with Crippen LogP contribution in [-0.4, -0.2) is 20.4 Å². The van der Waals surface area contributed by atoms with Gasteiger partial charge in [0.15, 0.2) is 11.5 Å². The zero-order chi connectivity index (χ0) is 23.8. The van der Waals surface area contributed by atoms with Crippen LogP contribution in [0.3, 0.4) is 0 Å². The van der Waals surface area contributed by atoms with Gasteiger partial charge in [0.2, 0.25) is 0 Å². The normalized spacial score (nSPS) is 12.1. The van der Waals surface area contributed by atoms with E-state index in [0.29, 0.717) is 22.1 Å². The van der Waals surface area contributed by atoms with Gasteiger partial charge in [-0.05, 0) is 55.1 Å². The summed E-state index contributed by atoms with van der Waals surface area (Å²) in [6.45, 7) is 3.75. The van der Waals surface area contributed by atoms with E-state index in [0.717, 1.165) is 16.6 Å². The van der Waals surface area contributed by atoms with E-state index in [-0.39, 0.29) is 17.1 Å². The van der Waals surface area contributed by atoms with Gasteiger partial charge < -0.3 is 11.1 Å². The first-order valence-corrected chi connectivity index (χ1v) is 11.0. The molecular formula is C27H23N5O2. The number of rotatable bonds is 4. The maximum absolute atomic E-state index is 13.6. The molecule has 0 bridgehead atoms. The molecule has 1 amide bonds. The van der Waals surface area contributed by atoms with Crippen molar-refractivity contribution in [1.82, 2.24) is 19.9 Å². The topological polar surface area (TPSA) is 103 Å². The molecule has 1 unspecified atom stereocenters. The molecule has 3 N–H and O–H groups in total. The lowest BCUT2D eigenvalue weighted by Gasteiger charge is -2.21. The van der Waals surface area contributed by atoms with Crippen LogP contribution in [0.5, 0.6) is 0 Å². The highest BCUT2D eigenvalue weighted by Crippen LogP contribution is 2.24. The number of carbonyl (C=O) groups excluding carboxylic acids is 1. The average Bonchev–Trinajstić information content (AvgIpc) is 2.83. The van der Waals surface area contributed by atoms with E-state index in [4.69, 9.17) is 5.73 Å². The number of aromatic nitrogens is 3. The minimum atomic E-state index is -0.516. The smallest absolute Gasteiger partial charge is 0.274 e. The number of benzene rings is 3. The summed E-state index contributed by atoms with van der Waals surface area (Å²) < 4.78 is 1.65. The minimum absolute atomic E-state index is 0.0517. The highest BCUT2D eigenvalue weighted by atomic mass is 16.2. The fourth-order valence-corrected chi connectivity index (χ4v) is 4.24.